The summed E-state index contributed by atoms with van der Waals surface area (Å²) in [6.45, 7) is 1.99. The standard InChI is InChI=1S/C17H14BrN3O/c1-10-14-8-17(5-4-15(14)22-21-10)7-11-2-3-12(18)6-13(11)16(17)20-9-19/h2-3,6H,4-5,7-8H2,1H3/b20-16+. The largest absolute Gasteiger partial charge is 0.361 e. The first-order valence-electron chi connectivity index (χ1n) is 7.33. The number of hydrogen-bond donors (Lipinski definition) is 0. The molecule has 0 saturated heterocycles. The van der Waals surface area contributed by atoms with Gasteiger partial charge in [-0.15, -0.1) is 0 Å². The lowest BCUT2D eigenvalue weighted by molar-refractivity contribution is 0.316. The molecule has 1 aromatic carbocycles. The van der Waals surface area contributed by atoms with Gasteiger partial charge in [0.2, 0.25) is 6.19 Å². The molecule has 1 heterocycles. The Labute approximate surface area is 137 Å². The second kappa shape index (κ2) is 4.79. The van der Waals surface area contributed by atoms with Crippen LogP contribution < -0.4 is 0 Å². The number of aromatic nitrogens is 1. The van der Waals surface area contributed by atoms with Crippen LogP contribution in [0, 0.1) is 23.8 Å². The smallest absolute Gasteiger partial charge is 0.205 e. The Balaban J connectivity index is 1.85. The number of benzene rings is 1. The summed E-state index contributed by atoms with van der Waals surface area (Å²) >= 11 is 3.52. The highest BCUT2D eigenvalue weighted by atomic mass is 79.9. The number of halogens is 1. The summed E-state index contributed by atoms with van der Waals surface area (Å²) in [7, 11) is 0. The van der Waals surface area contributed by atoms with Gasteiger partial charge in [-0.3, -0.25) is 0 Å². The molecule has 1 aromatic heterocycles. The lowest BCUT2D eigenvalue weighted by Gasteiger charge is -2.32. The molecule has 1 spiro atoms. The van der Waals surface area contributed by atoms with E-state index in [1.165, 1.54) is 11.1 Å². The SMILES string of the molecule is Cc1noc2c1CC1(CC2)Cc2ccc(Br)cc2/C1=N\C#N. The summed E-state index contributed by atoms with van der Waals surface area (Å²) in [6.07, 6.45) is 5.59. The molecule has 4 rings (SSSR count). The molecule has 22 heavy (non-hydrogen) atoms. The van der Waals surface area contributed by atoms with Crippen LogP contribution >= 0.6 is 15.9 Å². The van der Waals surface area contributed by atoms with Gasteiger partial charge in [0.05, 0.1) is 11.4 Å². The van der Waals surface area contributed by atoms with E-state index >= 15 is 0 Å². The lowest BCUT2D eigenvalue weighted by Crippen LogP contribution is -2.35. The molecule has 5 heteroatoms. The zero-order valence-electron chi connectivity index (χ0n) is 12.2. The maximum Gasteiger partial charge on any atom is 0.205 e. The van der Waals surface area contributed by atoms with Gasteiger partial charge in [0.15, 0.2) is 0 Å². The summed E-state index contributed by atoms with van der Waals surface area (Å²) in [5.74, 6) is 0.997. The molecule has 110 valence electrons. The predicted octanol–water partition coefficient (Wildman–Crippen LogP) is 3.75. The van der Waals surface area contributed by atoms with E-state index in [4.69, 9.17) is 9.78 Å². The molecule has 0 saturated carbocycles. The number of aliphatic imine (C=N–C) groups is 1. The van der Waals surface area contributed by atoms with Crippen LogP contribution in [0.15, 0.2) is 32.2 Å². The molecule has 0 radical (unpaired) electrons. The van der Waals surface area contributed by atoms with Crippen molar-refractivity contribution in [3.05, 3.63) is 50.8 Å². The van der Waals surface area contributed by atoms with E-state index in [1.807, 2.05) is 13.1 Å². The van der Waals surface area contributed by atoms with Gasteiger partial charge in [0.1, 0.15) is 5.76 Å². The Morgan fingerprint density at radius 3 is 3.09 bits per heavy atom. The van der Waals surface area contributed by atoms with E-state index in [0.717, 1.165) is 52.9 Å². The van der Waals surface area contributed by atoms with Crippen molar-refractivity contribution in [2.45, 2.75) is 32.6 Å². The van der Waals surface area contributed by atoms with Crippen LogP contribution in [0.5, 0.6) is 0 Å². The maximum absolute atomic E-state index is 9.17. The fourth-order valence-corrected chi connectivity index (χ4v) is 4.24. The van der Waals surface area contributed by atoms with Crippen LogP contribution in [0.3, 0.4) is 0 Å². The molecule has 1 unspecified atom stereocenters. The average molecular weight is 356 g/mol. The summed E-state index contributed by atoms with van der Waals surface area (Å²) in [6, 6.07) is 6.27. The predicted molar refractivity (Wildman–Crippen MR) is 85.7 cm³/mol. The molecule has 0 aliphatic heterocycles. The Kier molecular flexibility index (Phi) is 2.98. The van der Waals surface area contributed by atoms with Crippen molar-refractivity contribution in [3.63, 3.8) is 0 Å². The monoisotopic (exact) mass is 355 g/mol. The summed E-state index contributed by atoms with van der Waals surface area (Å²) in [5.41, 5.74) is 5.37. The van der Waals surface area contributed by atoms with E-state index in [0.29, 0.717) is 0 Å². The number of nitrogens with zero attached hydrogens (tertiary/aromatic N) is 3. The fourth-order valence-electron chi connectivity index (χ4n) is 3.88. The van der Waals surface area contributed by atoms with Gasteiger partial charge in [0, 0.05) is 27.4 Å². The molecule has 0 N–H and O–H groups in total. The maximum atomic E-state index is 9.17. The zero-order chi connectivity index (χ0) is 15.3. The van der Waals surface area contributed by atoms with Crippen LogP contribution in [0.1, 0.15) is 34.6 Å². The zero-order valence-corrected chi connectivity index (χ0v) is 13.8. The first kappa shape index (κ1) is 13.7. The van der Waals surface area contributed by atoms with Gasteiger partial charge in [-0.2, -0.15) is 10.3 Å². The molecule has 4 nitrogen and oxygen atoms in total. The van der Waals surface area contributed by atoms with Gasteiger partial charge in [-0.25, -0.2) is 0 Å². The van der Waals surface area contributed by atoms with Crippen molar-refractivity contribution in [1.82, 2.24) is 5.16 Å². The molecule has 2 aliphatic carbocycles. The molecule has 0 fully saturated rings. The number of nitriles is 1. The minimum absolute atomic E-state index is 0.0951. The van der Waals surface area contributed by atoms with Gasteiger partial charge < -0.3 is 4.52 Å². The fraction of sp³-hybridized carbons (Fsp3) is 0.353. The Morgan fingerprint density at radius 1 is 1.41 bits per heavy atom. The molecule has 0 bridgehead atoms. The van der Waals surface area contributed by atoms with Crippen LogP contribution in [-0.2, 0) is 19.3 Å². The van der Waals surface area contributed by atoms with Crippen molar-refractivity contribution in [1.29, 1.82) is 5.26 Å². The normalized spacial score (nSPS) is 24.3. The highest BCUT2D eigenvalue weighted by Gasteiger charge is 2.47. The van der Waals surface area contributed by atoms with Crippen molar-refractivity contribution in [3.8, 4) is 6.19 Å². The van der Waals surface area contributed by atoms with E-state index in [-0.39, 0.29) is 5.41 Å². The van der Waals surface area contributed by atoms with Crippen LogP contribution in [0.2, 0.25) is 0 Å². The molecule has 2 aliphatic rings. The Bertz CT molecular complexity index is 846. The van der Waals surface area contributed by atoms with Crippen LogP contribution in [0.25, 0.3) is 0 Å². The minimum Gasteiger partial charge on any atom is -0.361 e. The summed E-state index contributed by atoms with van der Waals surface area (Å²) < 4.78 is 6.44. The third-order valence-electron chi connectivity index (χ3n) is 4.93. The highest BCUT2D eigenvalue weighted by molar-refractivity contribution is 9.10. The molecular weight excluding hydrogens is 342 g/mol. The van der Waals surface area contributed by atoms with Crippen LogP contribution in [-0.4, -0.2) is 10.9 Å². The van der Waals surface area contributed by atoms with Crippen molar-refractivity contribution in [2.24, 2.45) is 10.4 Å². The van der Waals surface area contributed by atoms with Crippen molar-refractivity contribution in [2.75, 3.05) is 0 Å². The average Bonchev–Trinajstić information content (AvgIpc) is 3.00. The molecule has 0 amide bonds. The van der Waals surface area contributed by atoms with E-state index < -0.39 is 0 Å². The van der Waals surface area contributed by atoms with E-state index in [1.54, 1.807) is 0 Å². The van der Waals surface area contributed by atoms with Crippen molar-refractivity contribution < 1.29 is 4.52 Å². The number of rotatable bonds is 0. The molecule has 1 atom stereocenters. The topological polar surface area (TPSA) is 62.2 Å². The first-order chi connectivity index (χ1) is 10.6. The van der Waals surface area contributed by atoms with Gasteiger partial charge in [-0.1, -0.05) is 27.2 Å². The van der Waals surface area contributed by atoms with Gasteiger partial charge >= 0.3 is 0 Å². The quantitative estimate of drug-likeness (QED) is 0.676. The third kappa shape index (κ3) is 1.87. The summed E-state index contributed by atoms with van der Waals surface area (Å²) in [5, 5.41) is 13.3. The molecular formula is C17H14BrN3O. The second-order valence-corrected chi connectivity index (χ2v) is 7.08. The molecule has 2 aromatic rings. The number of hydrogen-bond acceptors (Lipinski definition) is 4. The van der Waals surface area contributed by atoms with Gasteiger partial charge in [0.25, 0.3) is 0 Å². The van der Waals surface area contributed by atoms with Gasteiger partial charge in [-0.05, 0) is 43.9 Å². The Morgan fingerprint density at radius 2 is 2.27 bits per heavy atom. The minimum atomic E-state index is -0.0951. The lowest BCUT2D eigenvalue weighted by atomic mass is 9.70. The van der Waals surface area contributed by atoms with E-state index in [2.05, 4.69) is 44.3 Å². The highest BCUT2D eigenvalue weighted by Crippen LogP contribution is 2.47. The van der Waals surface area contributed by atoms with E-state index in [9.17, 15) is 0 Å². The Hall–Kier alpha value is -1.93. The number of fused-ring (bicyclic) bond motifs is 2. The van der Waals surface area contributed by atoms with Crippen molar-refractivity contribution >= 4 is 21.6 Å². The third-order valence-corrected chi connectivity index (χ3v) is 5.43. The van der Waals surface area contributed by atoms with Crippen LogP contribution in [0.4, 0.5) is 0 Å². The first-order valence-corrected chi connectivity index (χ1v) is 8.12. The second-order valence-electron chi connectivity index (χ2n) is 6.17. The number of aryl methyl sites for hydroxylation is 2. The summed E-state index contributed by atoms with van der Waals surface area (Å²) in [4.78, 5) is 4.22.